The van der Waals surface area contributed by atoms with E-state index in [0.29, 0.717) is 23.7 Å². The van der Waals surface area contributed by atoms with E-state index in [0.717, 1.165) is 17.8 Å². The Kier molecular flexibility index (Phi) is 6.38. The molecule has 6 rings (SSSR count). The van der Waals surface area contributed by atoms with Crippen LogP contribution in [-0.4, -0.2) is 58.5 Å². The Bertz CT molecular complexity index is 1280. The van der Waals surface area contributed by atoms with E-state index in [1.54, 1.807) is 36.3 Å². The summed E-state index contributed by atoms with van der Waals surface area (Å²) in [6.07, 6.45) is 0.785. The minimum atomic E-state index is -2.24. The first kappa shape index (κ1) is 27.4. The second kappa shape index (κ2) is 9.10. The summed E-state index contributed by atoms with van der Waals surface area (Å²) in [5, 5.41) is 13.5. The van der Waals surface area contributed by atoms with E-state index in [-0.39, 0.29) is 35.2 Å². The largest absolute Gasteiger partial charge is 0.390 e. The van der Waals surface area contributed by atoms with Gasteiger partial charge in [0.2, 0.25) is 5.12 Å². The molecule has 1 saturated heterocycles. The van der Waals surface area contributed by atoms with Gasteiger partial charge in [0.25, 0.3) is 0 Å². The summed E-state index contributed by atoms with van der Waals surface area (Å²) < 4.78 is 46.4. The second-order valence-electron chi connectivity index (χ2n) is 12.0. The molecule has 1 aliphatic heterocycles. The number of fused-ring (bicyclic) bond motifs is 7. The molecule has 0 aromatic heterocycles. The Morgan fingerprint density at radius 1 is 1.23 bits per heavy atom. The van der Waals surface area contributed by atoms with E-state index in [4.69, 9.17) is 16.4 Å². The van der Waals surface area contributed by atoms with Gasteiger partial charge in [0.05, 0.1) is 25.0 Å². The molecule has 1 N–H and O–H groups in total. The smallest absolute Gasteiger partial charge is 0.224 e. The lowest BCUT2D eigenvalue weighted by molar-refractivity contribution is -0.225. The number of anilines is 1. The molecule has 0 radical (unpaired) electrons. The van der Waals surface area contributed by atoms with Gasteiger partial charge in [0.1, 0.15) is 6.17 Å². The molecular weight excluding hydrogens is 551 g/mol. The predicted octanol–water partition coefficient (Wildman–Crippen LogP) is 5.60. The van der Waals surface area contributed by atoms with Crippen LogP contribution in [0.4, 0.5) is 18.9 Å². The van der Waals surface area contributed by atoms with Gasteiger partial charge >= 0.3 is 0 Å². The number of allylic oxidation sites excluding steroid dienone is 4. The van der Waals surface area contributed by atoms with Gasteiger partial charge < -0.3 is 5.11 Å². The van der Waals surface area contributed by atoms with Crippen LogP contribution in [0.15, 0.2) is 48.1 Å². The van der Waals surface area contributed by atoms with Gasteiger partial charge in [-0.1, -0.05) is 36.4 Å². The fourth-order valence-electron chi connectivity index (χ4n) is 8.59. The highest BCUT2D eigenvalue weighted by molar-refractivity contribution is 8.13. The topological polar surface area (TPSA) is 66.8 Å². The first-order valence-electron chi connectivity index (χ1n) is 13.3. The molecule has 0 unspecified atom stereocenters. The summed E-state index contributed by atoms with van der Waals surface area (Å²) in [5.74, 6) is -2.24. The molecule has 10 heteroatoms. The van der Waals surface area contributed by atoms with Crippen LogP contribution in [0.1, 0.15) is 33.1 Å². The number of hydroxylamine groups is 1. The zero-order valence-electron chi connectivity index (χ0n) is 21.7. The molecule has 9 atom stereocenters. The van der Waals surface area contributed by atoms with Crippen LogP contribution in [0.5, 0.6) is 0 Å². The molecule has 0 spiro atoms. The van der Waals surface area contributed by atoms with E-state index in [2.05, 4.69) is 0 Å². The molecule has 5 nitrogen and oxygen atoms in total. The third kappa shape index (κ3) is 3.48. The lowest BCUT2D eigenvalue weighted by Crippen LogP contribution is -2.70. The summed E-state index contributed by atoms with van der Waals surface area (Å²) in [6.45, 7) is 3.02. The van der Waals surface area contributed by atoms with Gasteiger partial charge in [0, 0.05) is 33.4 Å². The minimum absolute atomic E-state index is 0.0466. The standard InChI is InChI=1S/C29H31ClF3NO4S/c1-26-8-7-19(35)12-22(26)23(32)13-21-20-11-16-15-34(18-5-3-17(30)4-6-18)38-29(16,25(37)39-10-9-31)27(20,2)14-24(36)28(21,26)33/h3-8,12,16,20-21,23-24,36H,9-11,13-15H2,1-2H3/t16-,20-,21-,23-,24-,26-,27-,28-,29-/m0/s1. The van der Waals surface area contributed by atoms with Crippen LogP contribution in [-0.2, 0) is 14.4 Å². The number of carbonyl (C=O) groups is 2. The Morgan fingerprint density at radius 3 is 2.64 bits per heavy atom. The molecule has 4 fully saturated rings. The van der Waals surface area contributed by atoms with E-state index in [9.17, 15) is 19.1 Å². The first-order chi connectivity index (χ1) is 18.4. The Morgan fingerprint density at radius 2 is 1.95 bits per heavy atom. The van der Waals surface area contributed by atoms with Crippen LogP contribution < -0.4 is 5.06 Å². The van der Waals surface area contributed by atoms with Crippen molar-refractivity contribution in [1.29, 1.82) is 0 Å². The Labute approximate surface area is 234 Å². The van der Waals surface area contributed by atoms with Gasteiger partial charge in [-0.15, -0.1) is 0 Å². The van der Waals surface area contributed by atoms with E-state index in [1.807, 2.05) is 6.92 Å². The maximum atomic E-state index is 17.5. The SMILES string of the molecule is C[C@]12C=CC(=O)C=C1[C@@H](F)C[C@H]1[C@@H]3C[C@H]4CN(c5ccc(Cl)cc5)O[C@@]4(C(=O)SCCF)[C@@]3(C)C[C@H](O)[C@@]12F. The monoisotopic (exact) mass is 581 g/mol. The summed E-state index contributed by atoms with van der Waals surface area (Å²) >= 11 is 6.91. The van der Waals surface area contributed by atoms with Crippen molar-refractivity contribution in [2.75, 3.05) is 24.0 Å². The van der Waals surface area contributed by atoms with Crippen molar-refractivity contribution in [2.45, 2.75) is 56.7 Å². The highest BCUT2D eigenvalue weighted by atomic mass is 35.5. The third-order valence-corrected chi connectivity index (χ3v) is 11.5. The number of hydrogen-bond acceptors (Lipinski definition) is 6. The number of halogens is 4. The number of nitrogens with zero attached hydrogens (tertiary/aromatic N) is 1. The van der Waals surface area contributed by atoms with Crippen LogP contribution >= 0.6 is 23.4 Å². The molecule has 210 valence electrons. The fraction of sp³-hybridized carbons (Fsp3) is 0.586. The van der Waals surface area contributed by atoms with E-state index >= 15 is 8.78 Å². The number of ketones is 1. The lowest BCUT2D eigenvalue weighted by atomic mass is 9.44. The molecule has 1 aromatic carbocycles. The number of hydrogen-bond donors (Lipinski definition) is 1. The average Bonchev–Trinajstić information content (AvgIpc) is 3.39. The van der Waals surface area contributed by atoms with Crippen molar-refractivity contribution in [3.05, 3.63) is 53.1 Å². The van der Waals surface area contributed by atoms with E-state index in [1.165, 1.54) is 12.2 Å². The quantitative estimate of drug-likeness (QED) is 0.499. The Balaban J connectivity index is 1.44. The molecule has 39 heavy (non-hydrogen) atoms. The summed E-state index contributed by atoms with van der Waals surface area (Å²) in [7, 11) is 0. The lowest BCUT2D eigenvalue weighted by Gasteiger charge is -2.63. The van der Waals surface area contributed by atoms with Crippen molar-refractivity contribution < 1.29 is 32.7 Å². The molecule has 0 bridgehead atoms. The fourth-order valence-corrected chi connectivity index (χ4v) is 9.63. The molecule has 5 aliphatic rings. The highest BCUT2D eigenvalue weighted by Gasteiger charge is 2.79. The van der Waals surface area contributed by atoms with Gasteiger partial charge in [-0.05, 0) is 74.1 Å². The van der Waals surface area contributed by atoms with Gasteiger partial charge in [-0.25, -0.2) is 8.78 Å². The summed E-state index contributed by atoms with van der Waals surface area (Å²) in [4.78, 5) is 32.6. The number of thioether (sulfide) groups is 1. The maximum Gasteiger partial charge on any atom is 0.224 e. The van der Waals surface area contributed by atoms with Crippen LogP contribution in [0.2, 0.25) is 5.02 Å². The molecule has 3 saturated carbocycles. The average molecular weight is 582 g/mol. The van der Waals surface area contributed by atoms with Gasteiger partial charge in [-0.3, -0.25) is 23.9 Å². The summed E-state index contributed by atoms with van der Waals surface area (Å²) in [6, 6.07) is 6.98. The van der Waals surface area contributed by atoms with Crippen LogP contribution in [0.25, 0.3) is 0 Å². The molecule has 1 heterocycles. The number of rotatable bonds is 4. The minimum Gasteiger partial charge on any atom is -0.390 e. The van der Waals surface area contributed by atoms with Crippen LogP contribution in [0.3, 0.4) is 0 Å². The number of aliphatic hydroxyl groups excluding tert-OH is 1. The first-order valence-corrected chi connectivity index (χ1v) is 14.7. The predicted molar refractivity (Wildman–Crippen MR) is 144 cm³/mol. The number of alkyl halides is 3. The second-order valence-corrected chi connectivity index (χ2v) is 13.5. The van der Waals surface area contributed by atoms with Crippen molar-refractivity contribution in [3.8, 4) is 0 Å². The van der Waals surface area contributed by atoms with Crippen LogP contribution in [0, 0.1) is 28.6 Å². The number of carbonyl (C=O) groups excluding carboxylic acids is 2. The van der Waals surface area contributed by atoms with Crippen molar-refractivity contribution in [3.63, 3.8) is 0 Å². The zero-order chi connectivity index (χ0) is 28.0. The molecule has 4 aliphatic carbocycles. The van der Waals surface area contributed by atoms with Crippen molar-refractivity contribution in [1.82, 2.24) is 0 Å². The number of benzene rings is 1. The molecular formula is C29H31ClF3NO4S. The van der Waals surface area contributed by atoms with Gasteiger partial charge in [-0.2, -0.15) is 0 Å². The highest BCUT2D eigenvalue weighted by Crippen LogP contribution is 2.73. The van der Waals surface area contributed by atoms with Crippen molar-refractivity contribution >= 4 is 39.9 Å². The Hall–Kier alpha value is -1.81. The maximum absolute atomic E-state index is 17.5. The number of aliphatic hydroxyl groups is 1. The van der Waals surface area contributed by atoms with Crippen molar-refractivity contribution in [2.24, 2.45) is 28.6 Å². The molecule has 0 amide bonds. The van der Waals surface area contributed by atoms with E-state index < -0.39 is 58.7 Å². The normalized spacial score (nSPS) is 44.4. The zero-order valence-corrected chi connectivity index (χ0v) is 23.3. The molecule has 1 aromatic rings. The summed E-state index contributed by atoms with van der Waals surface area (Å²) in [5.41, 5.74) is -5.51. The van der Waals surface area contributed by atoms with Gasteiger partial charge in [0.15, 0.2) is 17.1 Å². The third-order valence-electron chi connectivity index (χ3n) is 10.3.